The largest absolute Gasteiger partial charge is 0.420 e. The van der Waals surface area contributed by atoms with E-state index in [9.17, 15) is 19.7 Å². The predicted molar refractivity (Wildman–Crippen MR) is 68.8 cm³/mol. The lowest BCUT2D eigenvalue weighted by Crippen LogP contribution is -2.32. The van der Waals surface area contributed by atoms with Gasteiger partial charge in [-0.2, -0.15) is 0 Å². The van der Waals surface area contributed by atoms with Gasteiger partial charge in [-0.25, -0.2) is 10.6 Å². The van der Waals surface area contributed by atoms with Crippen molar-refractivity contribution in [2.45, 2.75) is 19.4 Å². The zero-order chi connectivity index (χ0) is 14.9. The van der Waals surface area contributed by atoms with Gasteiger partial charge in [-0.15, -0.1) is 0 Å². The molecule has 1 heterocycles. The summed E-state index contributed by atoms with van der Waals surface area (Å²) in [6.07, 6.45) is -0.0479. The molecule has 0 aliphatic rings. The summed E-state index contributed by atoms with van der Waals surface area (Å²) in [5.74, 6) is 3.85. The second-order valence-corrected chi connectivity index (χ2v) is 4.27. The van der Waals surface area contributed by atoms with Gasteiger partial charge >= 0.3 is 5.76 Å². The predicted octanol–water partition coefficient (Wildman–Crippen LogP) is 0.444. The summed E-state index contributed by atoms with van der Waals surface area (Å²) in [7, 11) is 0. The summed E-state index contributed by atoms with van der Waals surface area (Å²) in [4.78, 5) is 33.2. The average molecular weight is 280 g/mol. The van der Waals surface area contributed by atoms with Crippen LogP contribution in [0.15, 0.2) is 27.4 Å². The first-order valence-electron chi connectivity index (χ1n) is 5.73. The Bertz CT molecular complexity index is 732. The van der Waals surface area contributed by atoms with Crippen molar-refractivity contribution in [3.8, 4) is 0 Å². The number of nitrogens with zero attached hydrogens (tertiary/aromatic N) is 2. The number of benzene rings is 1. The van der Waals surface area contributed by atoms with Crippen LogP contribution in [0.4, 0.5) is 5.69 Å². The van der Waals surface area contributed by atoms with Crippen LogP contribution in [0.1, 0.15) is 19.4 Å². The van der Waals surface area contributed by atoms with Gasteiger partial charge in [0.15, 0.2) is 5.58 Å². The number of aromatic nitrogens is 1. The van der Waals surface area contributed by atoms with E-state index in [4.69, 9.17) is 10.3 Å². The van der Waals surface area contributed by atoms with Crippen LogP contribution in [0.25, 0.3) is 11.1 Å². The number of nitrogens with one attached hydrogen (secondary N) is 1. The monoisotopic (exact) mass is 280 g/mol. The molecule has 0 spiro atoms. The van der Waals surface area contributed by atoms with Gasteiger partial charge in [0.2, 0.25) is 5.91 Å². The van der Waals surface area contributed by atoms with Crippen molar-refractivity contribution >= 4 is 22.7 Å². The van der Waals surface area contributed by atoms with E-state index in [-0.39, 0.29) is 23.2 Å². The Hall–Kier alpha value is -2.68. The smallest absolute Gasteiger partial charge is 0.408 e. The highest BCUT2D eigenvalue weighted by Crippen LogP contribution is 2.23. The normalized spacial score (nSPS) is 12.3. The SMILES string of the molecule is CC(CC(=O)NN)n1c(=O)oc2ccc([N+](=O)[O-])cc21. The van der Waals surface area contributed by atoms with E-state index in [0.29, 0.717) is 0 Å². The van der Waals surface area contributed by atoms with Crippen LogP contribution in [0.5, 0.6) is 0 Å². The first kappa shape index (κ1) is 13.7. The van der Waals surface area contributed by atoms with E-state index in [1.165, 1.54) is 22.8 Å². The van der Waals surface area contributed by atoms with Crippen molar-refractivity contribution in [1.82, 2.24) is 9.99 Å². The van der Waals surface area contributed by atoms with Crippen LogP contribution >= 0.6 is 0 Å². The van der Waals surface area contributed by atoms with Crippen molar-refractivity contribution in [3.05, 3.63) is 38.9 Å². The maximum Gasteiger partial charge on any atom is 0.420 e. The number of nitro benzene ring substituents is 1. The van der Waals surface area contributed by atoms with Crippen LogP contribution in [0.3, 0.4) is 0 Å². The molecule has 0 radical (unpaired) electrons. The molecule has 1 atom stereocenters. The van der Waals surface area contributed by atoms with Gasteiger partial charge in [0.05, 0.1) is 10.4 Å². The van der Waals surface area contributed by atoms with Gasteiger partial charge in [-0.3, -0.25) is 24.9 Å². The maximum atomic E-state index is 11.8. The standard InChI is InChI=1S/C11H12N4O5/c1-6(4-10(16)13-12)14-8-5-7(15(18)19)2-3-9(8)20-11(14)17/h2-3,5-6H,4,12H2,1H3,(H,13,16). The summed E-state index contributed by atoms with van der Waals surface area (Å²) >= 11 is 0. The third-order valence-electron chi connectivity index (χ3n) is 2.89. The lowest BCUT2D eigenvalue weighted by atomic mass is 10.2. The second-order valence-electron chi connectivity index (χ2n) is 4.27. The minimum absolute atomic E-state index is 0.0479. The van der Waals surface area contributed by atoms with Gasteiger partial charge in [-0.1, -0.05) is 0 Å². The van der Waals surface area contributed by atoms with E-state index in [0.717, 1.165) is 0 Å². The van der Waals surface area contributed by atoms with Crippen LogP contribution < -0.4 is 17.0 Å². The molecule has 9 nitrogen and oxygen atoms in total. The molecule has 0 aliphatic heterocycles. The van der Waals surface area contributed by atoms with E-state index in [1.54, 1.807) is 6.92 Å². The summed E-state index contributed by atoms with van der Waals surface area (Å²) in [6, 6.07) is 3.28. The highest BCUT2D eigenvalue weighted by molar-refractivity contribution is 5.78. The molecule has 0 aliphatic carbocycles. The van der Waals surface area contributed by atoms with Crippen molar-refractivity contribution < 1.29 is 14.1 Å². The number of hydrogen-bond donors (Lipinski definition) is 2. The minimum Gasteiger partial charge on any atom is -0.408 e. The zero-order valence-corrected chi connectivity index (χ0v) is 10.5. The number of rotatable bonds is 4. The molecule has 0 fully saturated rings. The van der Waals surface area contributed by atoms with Crippen LogP contribution in [-0.2, 0) is 4.79 Å². The lowest BCUT2D eigenvalue weighted by Gasteiger charge is -2.11. The van der Waals surface area contributed by atoms with E-state index >= 15 is 0 Å². The van der Waals surface area contributed by atoms with E-state index < -0.39 is 22.6 Å². The Labute approximate surface area is 112 Å². The van der Waals surface area contributed by atoms with Crippen LogP contribution in [0.2, 0.25) is 0 Å². The zero-order valence-electron chi connectivity index (χ0n) is 10.5. The first-order chi connectivity index (χ1) is 9.43. The fourth-order valence-corrected chi connectivity index (χ4v) is 1.97. The number of oxazole rings is 1. The van der Waals surface area contributed by atoms with Crippen LogP contribution in [0, 0.1) is 10.1 Å². The number of non-ortho nitro benzene ring substituents is 1. The maximum absolute atomic E-state index is 11.8. The highest BCUT2D eigenvalue weighted by Gasteiger charge is 2.19. The molecule has 1 unspecified atom stereocenters. The number of carbonyl (C=O) groups excluding carboxylic acids is 1. The summed E-state index contributed by atoms with van der Waals surface area (Å²) in [5, 5.41) is 10.8. The lowest BCUT2D eigenvalue weighted by molar-refractivity contribution is -0.384. The molecule has 0 saturated heterocycles. The number of hydrogen-bond acceptors (Lipinski definition) is 6. The molecular weight excluding hydrogens is 268 g/mol. The summed E-state index contributed by atoms with van der Waals surface area (Å²) in [5.41, 5.74) is 2.29. The molecule has 0 bridgehead atoms. The minimum atomic E-state index is -0.683. The van der Waals surface area contributed by atoms with E-state index in [2.05, 4.69) is 0 Å². The van der Waals surface area contributed by atoms with Crippen LogP contribution in [-0.4, -0.2) is 15.4 Å². The summed E-state index contributed by atoms with van der Waals surface area (Å²) in [6.45, 7) is 1.62. The molecule has 9 heteroatoms. The van der Waals surface area contributed by atoms with Gasteiger partial charge in [0, 0.05) is 24.6 Å². The second kappa shape index (κ2) is 5.13. The first-order valence-corrected chi connectivity index (χ1v) is 5.73. The molecule has 0 saturated carbocycles. The number of hydrazine groups is 1. The topological polar surface area (TPSA) is 133 Å². The molecule has 1 aromatic carbocycles. The molecule has 106 valence electrons. The molecular formula is C11H12N4O5. The number of amides is 1. The Morgan fingerprint density at radius 2 is 2.30 bits per heavy atom. The number of nitrogens with two attached hydrogens (primary N) is 1. The summed E-state index contributed by atoms with van der Waals surface area (Å²) < 4.78 is 6.18. The molecule has 2 rings (SSSR count). The molecule has 1 aromatic heterocycles. The average Bonchev–Trinajstić information content (AvgIpc) is 2.73. The number of fused-ring (bicyclic) bond motifs is 1. The molecule has 1 amide bonds. The van der Waals surface area contributed by atoms with Gasteiger partial charge < -0.3 is 4.42 Å². The van der Waals surface area contributed by atoms with Crippen molar-refractivity contribution in [1.29, 1.82) is 0 Å². The fraction of sp³-hybridized carbons (Fsp3) is 0.273. The quantitative estimate of drug-likeness (QED) is 0.361. The van der Waals surface area contributed by atoms with Crippen molar-refractivity contribution in [3.63, 3.8) is 0 Å². The van der Waals surface area contributed by atoms with Crippen molar-refractivity contribution in [2.75, 3.05) is 0 Å². The third-order valence-corrected chi connectivity index (χ3v) is 2.89. The number of carbonyl (C=O) groups is 1. The Morgan fingerprint density at radius 3 is 2.90 bits per heavy atom. The van der Waals surface area contributed by atoms with Gasteiger partial charge in [-0.05, 0) is 13.0 Å². The molecule has 20 heavy (non-hydrogen) atoms. The Morgan fingerprint density at radius 1 is 1.60 bits per heavy atom. The Kier molecular flexibility index (Phi) is 3.53. The molecule has 2 aromatic rings. The Balaban J connectivity index is 2.53. The number of nitro groups is 1. The fourth-order valence-electron chi connectivity index (χ4n) is 1.97. The van der Waals surface area contributed by atoms with Gasteiger partial charge in [0.1, 0.15) is 0 Å². The van der Waals surface area contributed by atoms with E-state index in [1.807, 2.05) is 5.43 Å². The highest BCUT2D eigenvalue weighted by atomic mass is 16.6. The molecule has 3 N–H and O–H groups in total. The van der Waals surface area contributed by atoms with Gasteiger partial charge in [0.25, 0.3) is 5.69 Å². The third kappa shape index (κ3) is 2.38. The van der Waals surface area contributed by atoms with Crippen molar-refractivity contribution in [2.24, 2.45) is 5.84 Å².